The number of sulfonamides is 1. The number of benzene rings is 2. The maximum atomic E-state index is 12.7. The number of nitro groups is 1. The number of anilines is 1. The summed E-state index contributed by atoms with van der Waals surface area (Å²) >= 11 is 0. The minimum absolute atomic E-state index is 0.175. The molecule has 0 atom stereocenters. The normalized spacial score (nSPS) is 14.8. The van der Waals surface area contributed by atoms with Crippen molar-refractivity contribution in [3.8, 4) is 5.75 Å². The largest absolute Gasteiger partial charge is 0.477 e. The fourth-order valence-corrected chi connectivity index (χ4v) is 4.32. The van der Waals surface area contributed by atoms with Crippen LogP contribution in [0.4, 0.5) is 11.4 Å². The van der Waals surface area contributed by atoms with E-state index in [1.54, 1.807) is 31.3 Å². The van der Waals surface area contributed by atoms with E-state index >= 15 is 0 Å². The highest BCUT2D eigenvalue weighted by Gasteiger charge is 2.29. The van der Waals surface area contributed by atoms with Crippen LogP contribution in [0.25, 0.3) is 0 Å². The number of carbonyl (C=O) groups is 1. The molecule has 11 heteroatoms. The highest BCUT2D eigenvalue weighted by Crippen LogP contribution is 2.31. The number of carbonyl (C=O) groups excluding carboxylic acids is 1. The molecule has 0 aromatic heterocycles. The number of amides is 1. The summed E-state index contributed by atoms with van der Waals surface area (Å²) in [4.78, 5) is 24.2. The molecule has 30 heavy (non-hydrogen) atoms. The molecule has 1 aliphatic rings. The third-order valence-corrected chi connectivity index (χ3v) is 6.50. The topological polar surface area (TPSA) is 119 Å². The molecule has 10 nitrogen and oxygen atoms in total. The Morgan fingerprint density at radius 3 is 2.50 bits per heavy atom. The van der Waals surface area contributed by atoms with E-state index in [0.29, 0.717) is 5.69 Å². The molecule has 1 heterocycles. The quantitative estimate of drug-likeness (QED) is 0.479. The number of hydrogen-bond acceptors (Lipinski definition) is 7. The summed E-state index contributed by atoms with van der Waals surface area (Å²) in [6.07, 6.45) is 0. The average molecular weight is 435 g/mol. The van der Waals surface area contributed by atoms with E-state index in [2.05, 4.69) is 0 Å². The van der Waals surface area contributed by atoms with Crippen LogP contribution in [0, 0.1) is 10.1 Å². The van der Waals surface area contributed by atoms with Gasteiger partial charge in [-0.1, -0.05) is 18.2 Å². The van der Waals surface area contributed by atoms with Crippen molar-refractivity contribution < 1.29 is 27.6 Å². The van der Waals surface area contributed by atoms with Gasteiger partial charge in [-0.05, 0) is 24.3 Å². The van der Waals surface area contributed by atoms with Gasteiger partial charge in [0.05, 0.1) is 23.0 Å². The lowest BCUT2D eigenvalue weighted by Crippen LogP contribution is -2.40. The number of morpholine rings is 1. The summed E-state index contributed by atoms with van der Waals surface area (Å²) in [5.74, 6) is -0.601. The summed E-state index contributed by atoms with van der Waals surface area (Å²) in [5, 5.41) is 11.5. The first-order valence-corrected chi connectivity index (χ1v) is 10.6. The Labute approximate surface area is 173 Å². The van der Waals surface area contributed by atoms with Crippen LogP contribution in [0.3, 0.4) is 0 Å². The van der Waals surface area contributed by atoms with Crippen molar-refractivity contribution in [2.45, 2.75) is 4.90 Å². The molecule has 2 aromatic rings. The van der Waals surface area contributed by atoms with Crippen molar-refractivity contribution >= 4 is 27.3 Å². The monoisotopic (exact) mass is 435 g/mol. The third-order valence-electron chi connectivity index (χ3n) is 4.60. The van der Waals surface area contributed by atoms with Crippen molar-refractivity contribution in [3.05, 3.63) is 58.6 Å². The first-order valence-electron chi connectivity index (χ1n) is 9.11. The van der Waals surface area contributed by atoms with Crippen LogP contribution in [-0.2, 0) is 19.6 Å². The van der Waals surface area contributed by atoms with Crippen molar-refractivity contribution in [2.24, 2.45) is 0 Å². The Hall–Kier alpha value is -3.02. The molecule has 3 rings (SSSR count). The summed E-state index contributed by atoms with van der Waals surface area (Å²) in [6, 6.07) is 12.2. The summed E-state index contributed by atoms with van der Waals surface area (Å²) in [5.41, 5.74) is 0.118. The van der Waals surface area contributed by atoms with E-state index < -0.39 is 33.1 Å². The van der Waals surface area contributed by atoms with Crippen LogP contribution >= 0.6 is 0 Å². The molecule has 0 radical (unpaired) electrons. The lowest BCUT2D eigenvalue weighted by atomic mass is 10.3. The summed E-state index contributed by atoms with van der Waals surface area (Å²) in [6.45, 7) is 0.435. The molecule has 0 saturated carbocycles. The van der Waals surface area contributed by atoms with Crippen molar-refractivity contribution in [1.29, 1.82) is 0 Å². The number of likely N-dealkylation sites (N-methyl/N-ethyl adjacent to an activating group) is 1. The molecule has 1 fully saturated rings. The number of nitrogens with zero attached hydrogens (tertiary/aromatic N) is 3. The molecule has 0 unspecified atom stereocenters. The van der Waals surface area contributed by atoms with Gasteiger partial charge in [-0.2, -0.15) is 4.31 Å². The average Bonchev–Trinajstić information content (AvgIpc) is 2.77. The Balaban J connectivity index is 1.77. The third kappa shape index (κ3) is 4.75. The number of nitro benzene ring substituents is 1. The van der Waals surface area contributed by atoms with Gasteiger partial charge in [-0.15, -0.1) is 0 Å². The predicted octanol–water partition coefficient (Wildman–Crippen LogP) is 1.66. The SMILES string of the molecule is CN(C(=O)COc1ccc(S(=O)(=O)N2CCOCC2)cc1[N+](=O)[O-])c1ccccc1. The maximum Gasteiger partial charge on any atom is 0.312 e. The van der Waals surface area contributed by atoms with Gasteiger partial charge >= 0.3 is 5.69 Å². The zero-order valence-electron chi connectivity index (χ0n) is 16.3. The highest BCUT2D eigenvalue weighted by atomic mass is 32.2. The van der Waals surface area contributed by atoms with E-state index in [1.807, 2.05) is 6.07 Å². The van der Waals surface area contributed by atoms with E-state index in [-0.39, 0.29) is 36.9 Å². The molecule has 160 valence electrons. The smallest absolute Gasteiger partial charge is 0.312 e. The molecular weight excluding hydrogens is 414 g/mol. The molecule has 1 saturated heterocycles. The molecular formula is C19H21N3O7S. The minimum atomic E-state index is -3.90. The van der Waals surface area contributed by atoms with Gasteiger partial charge in [0.15, 0.2) is 12.4 Å². The van der Waals surface area contributed by atoms with E-state index in [1.165, 1.54) is 21.3 Å². The van der Waals surface area contributed by atoms with Crippen molar-refractivity contribution in [1.82, 2.24) is 4.31 Å². The molecule has 0 spiro atoms. The van der Waals surface area contributed by atoms with E-state index in [0.717, 1.165) is 6.07 Å². The van der Waals surface area contributed by atoms with Crippen LogP contribution in [0.15, 0.2) is 53.4 Å². The van der Waals surface area contributed by atoms with Gasteiger partial charge in [0.25, 0.3) is 5.91 Å². The molecule has 2 aromatic carbocycles. The van der Waals surface area contributed by atoms with Gasteiger partial charge < -0.3 is 14.4 Å². The first-order chi connectivity index (χ1) is 14.3. The first kappa shape index (κ1) is 21.7. The lowest BCUT2D eigenvalue weighted by molar-refractivity contribution is -0.386. The Bertz CT molecular complexity index is 1020. The van der Waals surface area contributed by atoms with Gasteiger partial charge in [0, 0.05) is 31.9 Å². The number of ether oxygens (including phenoxy) is 2. The number of rotatable bonds is 7. The fourth-order valence-electron chi connectivity index (χ4n) is 2.89. The standard InChI is InChI=1S/C19H21N3O7S/c1-20(15-5-3-2-4-6-15)19(23)14-29-18-8-7-16(13-17(18)22(24)25)30(26,27)21-9-11-28-12-10-21/h2-8,13H,9-12,14H2,1H3. The zero-order chi connectivity index (χ0) is 21.7. The molecule has 0 bridgehead atoms. The summed E-state index contributed by atoms with van der Waals surface area (Å²) < 4.78 is 37.2. The second kappa shape index (κ2) is 9.20. The van der Waals surface area contributed by atoms with Gasteiger partial charge in [0.2, 0.25) is 10.0 Å². The Morgan fingerprint density at radius 1 is 1.20 bits per heavy atom. The number of hydrogen-bond donors (Lipinski definition) is 0. The maximum absolute atomic E-state index is 12.7. The van der Waals surface area contributed by atoms with Gasteiger partial charge in [-0.25, -0.2) is 8.42 Å². The van der Waals surface area contributed by atoms with Crippen LogP contribution in [-0.4, -0.2) is 63.5 Å². The summed E-state index contributed by atoms with van der Waals surface area (Å²) in [7, 11) is -2.33. The van der Waals surface area contributed by atoms with Gasteiger partial charge in [0.1, 0.15) is 0 Å². The van der Waals surface area contributed by atoms with Crippen LogP contribution in [0.1, 0.15) is 0 Å². The molecule has 1 amide bonds. The Kier molecular flexibility index (Phi) is 6.65. The second-order valence-corrected chi connectivity index (χ2v) is 8.42. The second-order valence-electron chi connectivity index (χ2n) is 6.48. The van der Waals surface area contributed by atoms with Crippen molar-refractivity contribution in [2.75, 3.05) is 44.9 Å². The zero-order valence-corrected chi connectivity index (χ0v) is 17.1. The van der Waals surface area contributed by atoms with E-state index in [9.17, 15) is 23.3 Å². The van der Waals surface area contributed by atoms with Gasteiger partial charge in [-0.3, -0.25) is 14.9 Å². The van der Waals surface area contributed by atoms with Crippen LogP contribution in [0.2, 0.25) is 0 Å². The molecule has 0 N–H and O–H groups in total. The molecule has 0 aliphatic carbocycles. The van der Waals surface area contributed by atoms with E-state index in [4.69, 9.17) is 9.47 Å². The minimum Gasteiger partial charge on any atom is -0.477 e. The Morgan fingerprint density at radius 2 is 1.87 bits per heavy atom. The van der Waals surface area contributed by atoms with Crippen LogP contribution in [0.5, 0.6) is 5.75 Å². The fraction of sp³-hybridized carbons (Fsp3) is 0.316. The molecule has 1 aliphatic heterocycles. The lowest BCUT2D eigenvalue weighted by Gasteiger charge is -2.26. The number of para-hydroxylation sites is 1. The predicted molar refractivity (Wildman–Crippen MR) is 108 cm³/mol. The highest BCUT2D eigenvalue weighted by molar-refractivity contribution is 7.89. The van der Waals surface area contributed by atoms with Crippen molar-refractivity contribution in [3.63, 3.8) is 0 Å². The van der Waals surface area contributed by atoms with Crippen LogP contribution < -0.4 is 9.64 Å².